The van der Waals surface area contributed by atoms with Crippen molar-refractivity contribution in [1.82, 2.24) is 19.6 Å². The van der Waals surface area contributed by atoms with Gasteiger partial charge in [-0.2, -0.15) is 9.97 Å². The number of hydrogen-bond donors (Lipinski definition) is 0. The van der Waals surface area contributed by atoms with Crippen LogP contribution in [0.5, 0.6) is 0 Å². The smallest absolute Gasteiger partial charge is 0.207 e. The Balaban J connectivity index is 1.86. The van der Waals surface area contributed by atoms with Crippen LogP contribution < -0.4 is 0 Å². The molecule has 1 aliphatic carbocycles. The van der Waals surface area contributed by atoms with Crippen LogP contribution in [-0.4, -0.2) is 19.6 Å². The molecule has 0 saturated heterocycles. The van der Waals surface area contributed by atoms with Gasteiger partial charge in [0.1, 0.15) is 11.0 Å². The predicted octanol–water partition coefficient (Wildman–Crippen LogP) is 3.46. The lowest BCUT2D eigenvalue weighted by molar-refractivity contribution is 0.628. The fraction of sp³-hybridized carbons (Fsp3) is 0.214. The fourth-order valence-electron chi connectivity index (χ4n) is 2.16. The van der Waals surface area contributed by atoms with Crippen molar-refractivity contribution in [2.45, 2.75) is 18.8 Å². The van der Waals surface area contributed by atoms with Crippen molar-refractivity contribution in [3.63, 3.8) is 0 Å². The van der Waals surface area contributed by atoms with E-state index >= 15 is 0 Å². The minimum absolute atomic E-state index is 0.282. The van der Waals surface area contributed by atoms with Crippen molar-refractivity contribution in [2.75, 3.05) is 0 Å². The summed E-state index contributed by atoms with van der Waals surface area (Å²) >= 11 is 6.20. The van der Waals surface area contributed by atoms with Crippen LogP contribution in [0, 0.1) is 5.82 Å². The fourth-order valence-corrected chi connectivity index (χ4v) is 2.39. The zero-order valence-corrected chi connectivity index (χ0v) is 11.2. The monoisotopic (exact) mass is 288 g/mol. The molecule has 2 aromatic heterocycles. The lowest BCUT2D eigenvalue weighted by atomic mass is 10.1. The molecule has 2 heterocycles. The van der Waals surface area contributed by atoms with Crippen molar-refractivity contribution in [1.29, 1.82) is 0 Å². The molecule has 0 atom stereocenters. The quantitative estimate of drug-likeness (QED) is 0.678. The highest BCUT2D eigenvalue weighted by Gasteiger charge is 2.28. The van der Waals surface area contributed by atoms with E-state index in [1.165, 1.54) is 12.1 Å². The summed E-state index contributed by atoms with van der Waals surface area (Å²) in [5, 5.41) is 4.78. The van der Waals surface area contributed by atoms with Gasteiger partial charge in [-0.05, 0) is 30.5 Å². The molecule has 0 unspecified atom stereocenters. The molecule has 1 aliphatic rings. The third kappa shape index (κ3) is 1.94. The number of nitrogens with zero attached hydrogens (tertiary/aromatic N) is 4. The first-order valence-corrected chi connectivity index (χ1v) is 6.77. The lowest BCUT2D eigenvalue weighted by Crippen LogP contribution is -1.94. The normalized spacial score (nSPS) is 14.9. The van der Waals surface area contributed by atoms with E-state index in [1.54, 1.807) is 22.8 Å². The molecule has 0 amide bonds. The first-order chi connectivity index (χ1) is 9.70. The molecule has 4 rings (SSSR count). The van der Waals surface area contributed by atoms with Crippen molar-refractivity contribution in [3.8, 4) is 11.1 Å². The number of rotatable bonds is 2. The molecule has 0 spiro atoms. The first-order valence-electron chi connectivity index (χ1n) is 6.39. The number of hydrogen-bond acceptors (Lipinski definition) is 3. The van der Waals surface area contributed by atoms with Gasteiger partial charge < -0.3 is 0 Å². The summed E-state index contributed by atoms with van der Waals surface area (Å²) in [6, 6.07) is 6.13. The third-order valence-electron chi connectivity index (χ3n) is 3.40. The summed E-state index contributed by atoms with van der Waals surface area (Å²) in [5.41, 5.74) is 1.51. The topological polar surface area (TPSA) is 43.1 Å². The van der Waals surface area contributed by atoms with Crippen LogP contribution in [0.4, 0.5) is 4.39 Å². The van der Waals surface area contributed by atoms with Crippen molar-refractivity contribution in [2.24, 2.45) is 0 Å². The van der Waals surface area contributed by atoms with Crippen LogP contribution in [0.15, 0.2) is 30.5 Å². The van der Waals surface area contributed by atoms with E-state index in [0.717, 1.165) is 24.2 Å². The van der Waals surface area contributed by atoms with Gasteiger partial charge in [0.15, 0.2) is 5.82 Å². The van der Waals surface area contributed by atoms with Gasteiger partial charge in [0, 0.05) is 17.7 Å². The zero-order chi connectivity index (χ0) is 13.7. The van der Waals surface area contributed by atoms with E-state index in [4.69, 9.17) is 11.6 Å². The van der Waals surface area contributed by atoms with Gasteiger partial charge >= 0.3 is 0 Å². The summed E-state index contributed by atoms with van der Waals surface area (Å²) in [5.74, 6) is 1.51. The Labute approximate surface area is 119 Å². The molecule has 20 heavy (non-hydrogen) atoms. The Morgan fingerprint density at radius 2 is 1.90 bits per heavy atom. The van der Waals surface area contributed by atoms with Gasteiger partial charge in [0.25, 0.3) is 5.78 Å². The minimum atomic E-state index is -0.282. The van der Waals surface area contributed by atoms with E-state index in [1.807, 2.05) is 0 Å². The maximum Gasteiger partial charge on any atom is 0.253 e. The van der Waals surface area contributed by atoms with Crippen LogP contribution in [-0.2, 0) is 0 Å². The van der Waals surface area contributed by atoms with Gasteiger partial charge in [0.2, 0.25) is 0 Å². The maximum atomic E-state index is 13.0. The molecular weight excluding hydrogens is 279 g/mol. The molecule has 4 nitrogen and oxygen atoms in total. The lowest BCUT2D eigenvalue weighted by Gasteiger charge is -2.03. The van der Waals surface area contributed by atoms with Gasteiger partial charge in [-0.3, -0.25) is 0 Å². The average Bonchev–Trinajstić information content (AvgIpc) is 3.20. The summed E-state index contributed by atoms with van der Waals surface area (Å²) in [4.78, 5) is 8.65. The Morgan fingerprint density at radius 3 is 2.60 bits per heavy atom. The standard InChI is InChI=1S/C14H10ClFN4/c15-12-11(8-3-5-10(16)6-4-8)7-20-14(17-12)18-13(19-20)9-1-2-9/h3-7,9H,1-2H2. The number of aromatic nitrogens is 4. The van der Waals surface area contributed by atoms with Crippen LogP contribution in [0.25, 0.3) is 16.9 Å². The van der Waals surface area contributed by atoms with Gasteiger partial charge in [-0.25, -0.2) is 8.91 Å². The minimum Gasteiger partial charge on any atom is -0.207 e. The Morgan fingerprint density at radius 1 is 1.15 bits per heavy atom. The highest BCUT2D eigenvalue weighted by atomic mass is 35.5. The van der Waals surface area contributed by atoms with Crippen molar-refractivity contribution < 1.29 is 4.39 Å². The molecule has 3 aromatic rings. The summed E-state index contributed by atoms with van der Waals surface area (Å²) < 4.78 is 14.6. The molecule has 100 valence electrons. The first kappa shape index (κ1) is 11.8. The molecule has 1 saturated carbocycles. The van der Waals surface area contributed by atoms with Gasteiger partial charge in [0.05, 0.1) is 0 Å². The second-order valence-electron chi connectivity index (χ2n) is 4.94. The van der Waals surface area contributed by atoms with Gasteiger partial charge in [-0.15, -0.1) is 5.10 Å². The summed E-state index contributed by atoms with van der Waals surface area (Å²) in [7, 11) is 0. The largest absolute Gasteiger partial charge is 0.253 e. The Bertz CT molecular complexity index is 793. The van der Waals surface area contributed by atoms with E-state index in [-0.39, 0.29) is 5.82 Å². The van der Waals surface area contributed by atoms with Crippen LogP contribution in [0.1, 0.15) is 24.6 Å². The molecular formula is C14H10ClFN4. The van der Waals surface area contributed by atoms with E-state index in [9.17, 15) is 4.39 Å². The summed E-state index contributed by atoms with van der Waals surface area (Å²) in [6.45, 7) is 0. The second kappa shape index (κ2) is 4.24. The van der Waals surface area contributed by atoms with Crippen molar-refractivity contribution in [3.05, 3.63) is 47.3 Å². The van der Waals surface area contributed by atoms with Crippen LogP contribution in [0.3, 0.4) is 0 Å². The molecule has 0 aliphatic heterocycles. The zero-order valence-electron chi connectivity index (χ0n) is 10.4. The molecule has 0 N–H and O–H groups in total. The summed E-state index contributed by atoms with van der Waals surface area (Å²) in [6.07, 6.45) is 4.06. The Hall–Kier alpha value is -2.01. The van der Waals surface area contributed by atoms with Gasteiger partial charge in [-0.1, -0.05) is 23.7 Å². The van der Waals surface area contributed by atoms with Crippen molar-refractivity contribution >= 4 is 17.4 Å². The number of fused-ring (bicyclic) bond motifs is 1. The Kier molecular flexibility index (Phi) is 2.50. The van der Waals surface area contributed by atoms with E-state index in [0.29, 0.717) is 22.4 Å². The molecule has 1 fully saturated rings. The van der Waals surface area contributed by atoms with Crippen LogP contribution in [0.2, 0.25) is 5.15 Å². The SMILES string of the molecule is Fc1ccc(-c2cn3nc(C4CC4)nc3nc2Cl)cc1. The van der Waals surface area contributed by atoms with Crippen LogP contribution >= 0.6 is 11.6 Å². The highest BCUT2D eigenvalue weighted by molar-refractivity contribution is 6.32. The second-order valence-corrected chi connectivity index (χ2v) is 5.30. The maximum absolute atomic E-state index is 13.0. The molecule has 1 aromatic carbocycles. The number of benzene rings is 1. The highest BCUT2D eigenvalue weighted by Crippen LogP contribution is 2.38. The molecule has 0 radical (unpaired) electrons. The predicted molar refractivity (Wildman–Crippen MR) is 73.2 cm³/mol. The third-order valence-corrected chi connectivity index (χ3v) is 3.69. The molecule has 0 bridgehead atoms. The number of halogens is 2. The average molecular weight is 289 g/mol. The van der Waals surface area contributed by atoms with E-state index in [2.05, 4.69) is 15.1 Å². The molecule has 6 heteroatoms. The van der Waals surface area contributed by atoms with E-state index < -0.39 is 0 Å².